The van der Waals surface area contributed by atoms with Crippen LogP contribution < -0.4 is 9.46 Å². The smallest absolute Gasteiger partial charge is 0.241 e. The molecule has 3 rings (SSSR count). The summed E-state index contributed by atoms with van der Waals surface area (Å²) in [6.07, 6.45) is 1.20. The van der Waals surface area contributed by atoms with Crippen molar-refractivity contribution in [2.45, 2.75) is 23.5 Å². The highest BCUT2D eigenvalue weighted by Gasteiger charge is 2.40. The molecule has 9 heteroatoms. The minimum absolute atomic E-state index is 0.0893. The van der Waals surface area contributed by atoms with Gasteiger partial charge in [-0.2, -0.15) is 0 Å². The molecule has 2 aliphatic heterocycles. The third-order valence-corrected chi connectivity index (χ3v) is 5.89. The Hall–Kier alpha value is -1.68. The Morgan fingerprint density at radius 1 is 1.20 bits per heavy atom. The van der Waals surface area contributed by atoms with Crippen LogP contribution >= 0.6 is 0 Å². The second kappa shape index (κ2) is 7.28. The number of piperidine rings is 1. The molecule has 0 atom stereocenters. The van der Waals surface area contributed by atoms with E-state index in [4.69, 9.17) is 14.2 Å². The van der Waals surface area contributed by atoms with Gasteiger partial charge in [-0.15, -0.1) is 0 Å². The molecule has 0 saturated carbocycles. The molecule has 2 aliphatic rings. The number of amides is 1. The molecular formula is C16H22N2O6S. The standard InChI is InChI=1S/C16H22N2O6S/c1-22-13-2-4-14(5-3-13)25(20,21)17-12-15(19)18-8-6-16(7-9-18)23-10-11-24-16/h2-5,17H,6-12H2,1H3. The van der Waals surface area contributed by atoms with Crippen molar-refractivity contribution < 1.29 is 27.4 Å². The van der Waals surface area contributed by atoms with Crippen LogP contribution in [0.25, 0.3) is 0 Å². The Labute approximate surface area is 147 Å². The lowest BCUT2D eigenvalue weighted by Crippen LogP contribution is -2.49. The number of hydrogen-bond donors (Lipinski definition) is 1. The van der Waals surface area contributed by atoms with Gasteiger partial charge in [0.1, 0.15) is 5.75 Å². The fraction of sp³-hybridized carbons (Fsp3) is 0.562. The summed E-state index contributed by atoms with van der Waals surface area (Å²) in [5.74, 6) is -0.252. The summed E-state index contributed by atoms with van der Waals surface area (Å²) in [6.45, 7) is 1.86. The lowest BCUT2D eigenvalue weighted by Gasteiger charge is -2.37. The van der Waals surface area contributed by atoms with E-state index in [-0.39, 0.29) is 17.3 Å². The SMILES string of the molecule is COc1ccc(S(=O)(=O)NCC(=O)N2CCC3(CC2)OCCO3)cc1. The molecule has 2 fully saturated rings. The summed E-state index contributed by atoms with van der Waals surface area (Å²) in [5, 5.41) is 0. The van der Waals surface area contributed by atoms with Gasteiger partial charge in [-0.05, 0) is 24.3 Å². The largest absolute Gasteiger partial charge is 0.497 e. The second-order valence-electron chi connectivity index (χ2n) is 5.99. The second-order valence-corrected chi connectivity index (χ2v) is 7.76. The van der Waals surface area contributed by atoms with E-state index in [2.05, 4.69) is 4.72 Å². The maximum absolute atomic E-state index is 12.3. The summed E-state index contributed by atoms with van der Waals surface area (Å²) < 4.78 is 43.1. The topological polar surface area (TPSA) is 94.2 Å². The van der Waals surface area contributed by atoms with Crippen LogP contribution in [0.15, 0.2) is 29.2 Å². The fourth-order valence-corrected chi connectivity index (χ4v) is 3.96. The Morgan fingerprint density at radius 2 is 1.80 bits per heavy atom. The minimum Gasteiger partial charge on any atom is -0.497 e. The molecular weight excluding hydrogens is 348 g/mol. The van der Waals surface area contributed by atoms with Gasteiger partial charge in [0.15, 0.2) is 5.79 Å². The zero-order valence-electron chi connectivity index (χ0n) is 14.1. The number of carbonyl (C=O) groups excluding carboxylic acids is 1. The molecule has 1 aromatic carbocycles. The molecule has 1 aromatic rings. The Balaban J connectivity index is 1.53. The molecule has 2 saturated heterocycles. The van der Waals surface area contributed by atoms with Crippen molar-refractivity contribution in [2.75, 3.05) is 40.0 Å². The van der Waals surface area contributed by atoms with Crippen LogP contribution in [0.5, 0.6) is 5.75 Å². The van der Waals surface area contributed by atoms with Crippen LogP contribution in [0.1, 0.15) is 12.8 Å². The maximum Gasteiger partial charge on any atom is 0.241 e. The van der Waals surface area contributed by atoms with E-state index in [9.17, 15) is 13.2 Å². The van der Waals surface area contributed by atoms with Crippen molar-refractivity contribution in [1.29, 1.82) is 0 Å². The van der Waals surface area contributed by atoms with E-state index in [0.29, 0.717) is 44.9 Å². The first kappa shape index (κ1) is 18.1. The molecule has 25 heavy (non-hydrogen) atoms. The van der Waals surface area contributed by atoms with Crippen LogP contribution in [0.2, 0.25) is 0 Å². The number of nitrogens with zero attached hydrogens (tertiary/aromatic N) is 1. The van der Waals surface area contributed by atoms with Crippen molar-refractivity contribution in [1.82, 2.24) is 9.62 Å². The number of hydrogen-bond acceptors (Lipinski definition) is 6. The molecule has 1 N–H and O–H groups in total. The normalized spacial score (nSPS) is 20.0. The van der Waals surface area contributed by atoms with Crippen molar-refractivity contribution in [3.63, 3.8) is 0 Å². The molecule has 138 valence electrons. The number of rotatable bonds is 5. The Morgan fingerprint density at radius 3 is 2.36 bits per heavy atom. The molecule has 0 aliphatic carbocycles. The Kier molecular flexibility index (Phi) is 5.28. The molecule has 0 aromatic heterocycles. The van der Waals surface area contributed by atoms with E-state index in [1.807, 2.05) is 0 Å². The number of ether oxygens (including phenoxy) is 3. The third kappa shape index (κ3) is 4.12. The third-order valence-electron chi connectivity index (χ3n) is 4.47. The fourth-order valence-electron chi connectivity index (χ4n) is 2.99. The van der Waals surface area contributed by atoms with Crippen molar-refractivity contribution in [3.05, 3.63) is 24.3 Å². The minimum atomic E-state index is -3.74. The lowest BCUT2D eigenvalue weighted by molar-refractivity contribution is -0.187. The van der Waals surface area contributed by atoms with E-state index >= 15 is 0 Å². The molecule has 1 amide bonds. The number of benzene rings is 1. The molecule has 8 nitrogen and oxygen atoms in total. The van der Waals surface area contributed by atoms with Crippen molar-refractivity contribution in [3.8, 4) is 5.75 Å². The summed E-state index contributed by atoms with van der Waals surface area (Å²) in [6, 6.07) is 5.99. The average molecular weight is 370 g/mol. The zero-order chi connectivity index (χ0) is 17.9. The molecule has 0 bridgehead atoms. The van der Waals surface area contributed by atoms with Gasteiger partial charge in [-0.3, -0.25) is 4.79 Å². The van der Waals surface area contributed by atoms with Crippen molar-refractivity contribution >= 4 is 15.9 Å². The number of likely N-dealkylation sites (tertiary alicyclic amines) is 1. The monoisotopic (exact) mass is 370 g/mol. The van der Waals surface area contributed by atoms with E-state index in [0.717, 1.165) is 0 Å². The van der Waals surface area contributed by atoms with Crippen molar-refractivity contribution in [2.24, 2.45) is 0 Å². The van der Waals surface area contributed by atoms with Gasteiger partial charge in [0.25, 0.3) is 0 Å². The molecule has 0 radical (unpaired) electrons. The van der Waals surface area contributed by atoms with Gasteiger partial charge in [0.05, 0.1) is 31.8 Å². The van der Waals surface area contributed by atoms with Gasteiger partial charge in [0, 0.05) is 25.9 Å². The molecule has 0 unspecified atom stereocenters. The summed E-state index contributed by atoms with van der Waals surface area (Å²) in [5.41, 5.74) is 0. The van der Waals surface area contributed by atoms with Gasteiger partial charge in [0.2, 0.25) is 15.9 Å². The number of carbonyl (C=O) groups is 1. The van der Waals surface area contributed by atoms with Gasteiger partial charge >= 0.3 is 0 Å². The van der Waals surface area contributed by atoms with Crippen LogP contribution in [-0.4, -0.2) is 65.0 Å². The van der Waals surface area contributed by atoms with Crippen LogP contribution in [-0.2, 0) is 24.3 Å². The summed E-state index contributed by atoms with van der Waals surface area (Å²) >= 11 is 0. The number of nitrogens with one attached hydrogen (secondary N) is 1. The maximum atomic E-state index is 12.3. The highest BCUT2D eigenvalue weighted by molar-refractivity contribution is 7.89. The predicted octanol–water partition coefficient (Wildman–Crippen LogP) is 0.339. The predicted molar refractivity (Wildman–Crippen MR) is 88.6 cm³/mol. The quantitative estimate of drug-likeness (QED) is 0.803. The lowest BCUT2D eigenvalue weighted by atomic mass is 10.0. The average Bonchev–Trinajstić information content (AvgIpc) is 3.08. The highest BCUT2D eigenvalue weighted by atomic mass is 32.2. The van der Waals surface area contributed by atoms with E-state index < -0.39 is 15.8 Å². The van der Waals surface area contributed by atoms with Gasteiger partial charge < -0.3 is 19.1 Å². The van der Waals surface area contributed by atoms with Crippen LogP contribution in [0, 0.1) is 0 Å². The van der Waals surface area contributed by atoms with Gasteiger partial charge in [-0.25, -0.2) is 13.1 Å². The number of methoxy groups -OCH3 is 1. The first-order chi connectivity index (χ1) is 11.9. The Bertz CT molecular complexity index is 703. The molecule has 1 spiro atoms. The van der Waals surface area contributed by atoms with Crippen LogP contribution in [0.4, 0.5) is 0 Å². The first-order valence-electron chi connectivity index (χ1n) is 8.14. The summed E-state index contributed by atoms with van der Waals surface area (Å²) in [4.78, 5) is 14.0. The first-order valence-corrected chi connectivity index (χ1v) is 9.62. The van der Waals surface area contributed by atoms with E-state index in [1.165, 1.54) is 19.2 Å². The van der Waals surface area contributed by atoms with Crippen LogP contribution in [0.3, 0.4) is 0 Å². The highest BCUT2D eigenvalue weighted by Crippen LogP contribution is 2.31. The zero-order valence-corrected chi connectivity index (χ0v) is 14.9. The summed E-state index contributed by atoms with van der Waals surface area (Å²) in [7, 11) is -2.24. The molecule has 2 heterocycles. The number of sulfonamides is 1. The van der Waals surface area contributed by atoms with Gasteiger partial charge in [-0.1, -0.05) is 0 Å². The van der Waals surface area contributed by atoms with E-state index in [1.54, 1.807) is 17.0 Å².